The van der Waals surface area contributed by atoms with Gasteiger partial charge in [-0.15, -0.1) is 0 Å². The highest BCUT2D eigenvalue weighted by atomic mass is 31.2. The van der Waals surface area contributed by atoms with Crippen molar-refractivity contribution in [3.05, 3.63) is 60.8 Å². The van der Waals surface area contributed by atoms with E-state index in [1.165, 1.54) is 0 Å². The molecule has 6 unspecified atom stereocenters. The van der Waals surface area contributed by atoms with Crippen LogP contribution in [0.15, 0.2) is 60.8 Å². The van der Waals surface area contributed by atoms with Crippen LogP contribution in [0.1, 0.15) is 136 Å². The van der Waals surface area contributed by atoms with Gasteiger partial charge >= 0.3 is 13.8 Å². The molecule has 0 aromatic heterocycles. The number of hydrogen-bond donors (Lipinski definition) is 6. The van der Waals surface area contributed by atoms with Gasteiger partial charge < -0.3 is 39.9 Å². The van der Waals surface area contributed by atoms with E-state index in [4.69, 9.17) is 18.5 Å². The van der Waals surface area contributed by atoms with Crippen LogP contribution in [-0.4, -0.2) is 98.9 Å². The zero-order chi connectivity index (χ0) is 40.6. The smallest absolute Gasteiger partial charge is 0.457 e. The number of allylic oxidation sites excluding steroid dienone is 10. The highest BCUT2D eigenvalue weighted by molar-refractivity contribution is 7.47. The van der Waals surface area contributed by atoms with Gasteiger partial charge in [-0.05, 0) is 70.6 Å². The fraction of sp³-hybridized carbons (Fsp3) is 0.738. The number of rotatable bonds is 33. The zero-order valence-corrected chi connectivity index (χ0v) is 34.3. The van der Waals surface area contributed by atoms with Gasteiger partial charge in [0.25, 0.3) is 0 Å². The van der Waals surface area contributed by atoms with E-state index in [-0.39, 0.29) is 13.0 Å². The van der Waals surface area contributed by atoms with Crippen molar-refractivity contribution in [3.63, 3.8) is 0 Å². The molecule has 1 rings (SSSR count). The van der Waals surface area contributed by atoms with Crippen molar-refractivity contribution in [1.82, 2.24) is 0 Å². The summed E-state index contributed by atoms with van der Waals surface area (Å²) in [5.74, 6) is -0.500. The molecular weight excluding hydrogens is 727 g/mol. The lowest BCUT2D eigenvalue weighted by molar-refractivity contribution is -0.220. The number of carbonyl (C=O) groups excluding carboxylic acids is 1. The predicted molar refractivity (Wildman–Crippen MR) is 216 cm³/mol. The Morgan fingerprint density at radius 2 is 1.07 bits per heavy atom. The molecule has 6 N–H and O–H groups in total. The van der Waals surface area contributed by atoms with Crippen LogP contribution in [0.25, 0.3) is 0 Å². The van der Waals surface area contributed by atoms with Crippen LogP contribution in [0.2, 0.25) is 0 Å². The molecule has 1 aliphatic rings. The van der Waals surface area contributed by atoms with E-state index < -0.39 is 63.1 Å². The Morgan fingerprint density at radius 3 is 1.65 bits per heavy atom. The molecule has 0 aliphatic heterocycles. The summed E-state index contributed by atoms with van der Waals surface area (Å²) in [6, 6.07) is 0. The van der Waals surface area contributed by atoms with E-state index in [1.54, 1.807) is 0 Å². The number of aliphatic hydroxyl groups excluding tert-OH is 5. The van der Waals surface area contributed by atoms with Crippen molar-refractivity contribution in [2.45, 2.75) is 179 Å². The first-order chi connectivity index (χ1) is 26.5. The van der Waals surface area contributed by atoms with Crippen molar-refractivity contribution >= 4 is 13.8 Å². The van der Waals surface area contributed by atoms with Crippen molar-refractivity contribution < 1.29 is 58.3 Å². The fourth-order valence-electron chi connectivity index (χ4n) is 5.82. The molecule has 13 heteroatoms. The molecular formula is C42H73O12P. The number of ether oxygens (including phenoxy) is 2. The minimum absolute atomic E-state index is 0.0958. The van der Waals surface area contributed by atoms with Crippen molar-refractivity contribution in [1.29, 1.82) is 0 Å². The second-order valence-corrected chi connectivity index (χ2v) is 15.5. The van der Waals surface area contributed by atoms with Crippen LogP contribution in [0.5, 0.6) is 0 Å². The van der Waals surface area contributed by atoms with Crippen molar-refractivity contribution in [2.75, 3.05) is 19.8 Å². The predicted octanol–water partition coefficient (Wildman–Crippen LogP) is 7.47. The maximum Gasteiger partial charge on any atom is 0.472 e. The molecule has 0 aromatic carbocycles. The fourth-order valence-corrected chi connectivity index (χ4v) is 6.79. The number of carbonyl (C=O) groups is 1. The lowest BCUT2D eigenvalue weighted by atomic mass is 9.85. The van der Waals surface area contributed by atoms with Gasteiger partial charge in [-0.1, -0.05) is 120 Å². The molecule has 0 bridgehead atoms. The van der Waals surface area contributed by atoms with Crippen LogP contribution in [0, 0.1) is 0 Å². The van der Waals surface area contributed by atoms with E-state index in [2.05, 4.69) is 74.6 Å². The van der Waals surface area contributed by atoms with Crippen molar-refractivity contribution in [2.24, 2.45) is 0 Å². The summed E-state index contributed by atoms with van der Waals surface area (Å²) >= 11 is 0. The first-order valence-electron chi connectivity index (χ1n) is 20.6. The average molecular weight is 801 g/mol. The Bertz CT molecular complexity index is 1140. The first kappa shape index (κ1) is 51.1. The molecule has 0 aromatic rings. The van der Waals surface area contributed by atoms with Gasteiger partial charge in [0.1, 0.15) is 42.7 Å². The molecule has 12 nitrogen and oxygen atoms in total. The average Bonchev–Trinajstić information content (AvgIpc) is 3.17. The Hall–Kier alpha value is -1.96. The van der Waals surface area contributed by atoms with Gasteiger partial charge in [-0.2, -0.15) is 0 Å². The van der Waals surface area contributed by atoms with E-state index in [9.17, 15) is 39.8 Å². The third-order valence-electron chi connectivity index (χ3n) is 9.11. The van der Waals surface area contributed by atoms with E-state index in [0.29, 0.717) is 13.0 Å². The quantitative estimate of drug-likeness (QED) is 0.0166. The Kier molecular flexibility index (Phi) is 30.7. The number of esters is 1. The molecule has 0 spiro atoms. The van der Waals surface area contributed by atoms with Crippen LogP contribution in [0.4, 0.5) is 0 Å². The van der Waals surface area contributed by atoms with E-state index >= 15 is 0 Å². The Balaban J connectivity index is 2.44. The number of phosphoric acid groups is 1. The second-order valence-electron chi connectivity index (χ2n) is 14.1. The van der Waals surface area contributed by atoms with Crippen LogP contribution < -0.4 is 0 Å². The number of unbranched alkanes of at least 4 members (excludes halogenated alkanes) is 11. The topological polar surface area (TPSA) is 192 Å². The molecule has 1 fully saturated rings. The highest BCUT2D eigenvalue weighted by Gasteiger charge is 2.51. The molecule has 0 amide bonds. The first-order valence-corrected chi connectivity index (χ1v) is 22.1. The standard InChI is InChI=1S/C42H73O12P/c1-3-5-7-9-11-13-15-16-17-18-19-20-21-22-24-26-28-30-32-51-33-35(53-36(43)31-29-27-25-23-14-12-10-8-6-4-2)34-52-55(49,50)54-42-40(47)38(45)37(44)39(46)41(42)48/h5,7-8,10-11,13,16-17,19-20,35,37-42,44-48H,3-4,6,9,12,14-15,18,21-34H2,1-2H3,(H,49,50)/b7-5-,10-8-,13-11-,17-16-,20-19-. The maximum atomic E-state index is 12.8. The number of aliphatic hydroxyl groups is 5. The summed E-state index contributed by atoms with van der Waals surface area (Å²) in [5.41, 5.74) is 0. The van der Waals surface area contributed by atoms with Crippen LogP contribution >= 0.6 is 7.82 Å². The molecule has 6 atom stereocenters. The molecule has 318 valence electrons. The Morgan fingerprint density at radius 1 is 0.600 bits per heavy atom. The van der Waals surface area contributed by atoms with E-state index in [1.807, 2.05) is 0 Å². The third kappa shape index (κ3) is 25.8. The van der Waals surface area contributed by atoms with Gasteiger partial charge in [0, 0.05) is 13.0 Å². The summed E-state index contributed by atoms with van der Waals surface area (Å²) in [6.45, 7) is 3.99. The lowest BCUT2D eigenvalue weighted by Crippen LogP contribution is -2.64. The number of hydrogen-bond acceptors (Lipinski definition) is 11. The summed E-state index contributed by atoms with van der Waals surface area (Å²) in [4.78, 5) is 23.0. The van der Waals surface area contributed by atoms with Crippen molar-refractivity contribution in [3.8, 4) is 0 Å². The summed E-state index contributed by atoms with van der Waals surface area (Å²) in [7, 11) is -5.02. The zero-order valence-electron chi connectivity index (χ0n) is 33.5. The second kappa shape index (κ2) is 33.1. The minimum Gasteiger partial charge on any atom is -0.457 e. The normalized spacial score (nSPS) is 23.9. The van der Waals surface area contributed by atoms with E-state index in [0.717, 1.165) is 109 Å². The van der Waals surface area contributed by atoms with Gasteiger partial charge in [-0.3, -0.25) is 13.8 Å². The van der Waals surface area contributed by atoms with Crippen LogP contribution in [-0.2, 0) is 27.9 Å². The van der Waals surface area contributed by atoms with Gasteiger partial charge in [-0.25, -0.2) is 4.57 Å². The molecule has 1 aliphatic carbocycles. The molecule has 0 saturated heterocycles. The maximum absolute atomic E-state index is 12.8. The molecule has 1 saturated carbocycles. The number of phosphoric ester groups is 1. The monoisotopic (exact) mass is 800 g/mol. The van der Waals surface area contributed by atoms with Crippen LogP contribution in [0.3, 0.4) is 0 Å². The van der Waals surface area contributed by atoms with Gasteiger partial charge in [0.2, 0.25) is 0 Å². The molecule has 0 radical (unpaired) electrons. The Labute approximate surface area is 330 Å². The summed E-state index contributed by atoms with van der Waals surface area (Å²) in [5, 5.41) is 50.0. The highest BCUT2D eigenvalue weighted by Crippen LogP contribution is 2.47. The van der Waals surface area contributed by atoms with Gasteiger partial charge in [0.05, 0.1) is 13.2 Å². The molecule has 0 heterocycles. The summed E-state index contributed by atoms with van der Waals surface area (Å²) in [6.07, 6.45) is 27.3. The summed E-state index contributed by atoms with van der Waals surface area (Å²) < 4.78 is 34.0. The minimum atomic E-state index is -5.02. The SMILES string of the molecule is CC/C=C\C/C=C\C/C=C\C/C=C\CCCCCCCOCC(COP(=O)(O)OC1C(O)C(O)C(O)C(O)C1O)OC(=O)CCCCCCC/C=C\CCC. The largest absolute Gasteiger partial charge is 0.472 e. The lowest BCUT2D eigenvalue weighted by Gasteiger charge is -2.41. The third-order valence-corrected chi connectivity index (χ3v) is 10.1. The molecule has 55 heavy (non-hydrogen) atoms. The van der Waals surface area contributed by atoms with Gasteiger partial charge in [0.15, 0.2) is 0 Å².